The molecule has 0 aromatic heterocycles. The van der Waals surface area contributed by atoms with Gasteiger partial charge < -0.3 is 15.4 Å². The van der Waals surface area contributed by atoms with Crippen molar-refractivity contribution >= 4 is 35.4 Å². The van der Waals surface area contributed by atoms with Gasteiger partial charge in [0.05, 0.1) is 6.61 Å². The second-order valence-electron chi connectivity index (χ2n) is 8.60. The van der Waals surface area contributed by atoms with Gasteiger partial charge in [-0.2, -0.15) is 0 Å². The normalized spacial score (nSPS) is 11.2. The molecule has 7 heteroatoms. The molecule has 2 N–H and O–H groups in total. The number of hydrogen-bond acceptors (Lipinski definition) is 4. The number of hydrogen-bond donors (Lipinski definition) is 2. The average molecular weight is 535 g/mol. The highest BCUT2D eigenvalue weighted by molar-refractivity contribution is 6.11. The van der Waals surface area contributed by atoms with Crippen molar-refractivity contribution in [3.05, 3.63) is 143 Å². The number of para-hydroxylation sites is 1. The summed E-state index contributed by atoms with van der Waals surface area (Å²) in [5.41, 5.74) is 2.11. The molecule has 4 rings (SSSR count). The van der Waals surface area contributed by atoms with Crippen LogP contribution in [-0.4, -0.2) is 24.2 Å². The Kier molecular flexibility index (Phi) is 9.35. The van der Waals surface area contributed by atoms with Crippen LogP contribution in [0.15, 0.2) is 115 Å². The Balaban J connectivity index is 1.53. The molecule has 4 aromatic carbocycles. The zero-order valence-corrected chi connectivity index (χ0v) is 21.8. The lowest BCUT2D eigenvalue weighted by atomic mass is 10.1. The fourth-order valence-corrected chi connectivity index (χ4v) is 3.77. The number of benzene rings is 4. The zero-order chi connectivity index (χ0) is 28.3. The molecular weight excluding hydrogens is 507 g/mol. The number of halogens is 1. The molecule has 6 nitrogen and oxygen atoms in total. The summed E-state index contributed by atoms with van der Waals surface area (Å²) in [4.78, 5) is 38.8. The predicted molar refractivity (Wildman–Crippen MR) is 154 cm³/mol. The van der Waals surface area contributed by atoms with Gasteiger partial charge in [-0.05, 0) is 73.7 Å². The van der Waals surface area contributed by atoms with Crippen molar-refractivity contribution in [2.45, 2.75) is 6.92 Å². The van der Waals surface area contributed by atoms with E-state index in [1.54, 1.807) is 97.1 Å². The third-order valence-corrected chi connectivity index (χ3v) is 5.79. The summed E-state index contributed by atoms with van der Waals surface area (Å²) in [5, 5.41) is 5.46. The van der Waals surface area contributed by atoms with E-state index in [2.05, 4.69) is 10.6 Å². The minimum atomic E-state index is -0.561. The summed E-state index contributed by atoms with van der Waals surface area (Å²) in [6.45, 7) is 2.29. The van der Waals surface area contributed by atoms with Crippen LogP contribution >= 0.6 is 0 Å². The average Bonchev–Trinajstić information content (AvgIpc) is 2.98. The van der Waals surface area contributed by atoms with Gasteiger partial charge >= 0.3 is 0 Å². The second kappa shape index (κ2) is 13.5. The third kappa shape index (κ3) is 7.39. The lowest BCUT2D eigenvalue weighted by Crippen LogP contribution is -2.30. The number of ether oxygens (including phenoxy) is 1. The molecule has 0 saturated heterocycles. The fraction of sp³-hybridized carbons (Fsp3) is 0.0606. The zero-order valence-electron chi connectivity index (χ0n) is 21.8. The van der Waals surface area contributed by atoms with Crippen LogP contribution in [-0.2, 0) is 4.79 Å². The number of allylic oxidation sites excluding steroid dienone is 1. The number of rotatable bonds is 10. The molecule has 0 atom stereocenters. The van der Waals surface area contributed by atoms with Gasteiger partial charge in [0.2, 0.25) is 0 Å². The first-order valence-electron chi connectivity index (χ1n) is 12.6. The molecule has 0 radical (unpaired) electrons. The molecule has 0 spiro atoms. The van der Waals surface area contributed by atoms with E-state index in [0.29, 0.717) is 40.3 Å². The van der Waals surface area contributed by atoms with E-state index < -0.39 is 17.6 Å². The van der Waals surface area contributed by atoms with Crippen molar-refractivity contribution in [1.29, 1.82) is 0 Å². The van der Waals surface area contributed by atoms with E-state index in [1.165, 1.54) is 18.2 Å². The first-order chi connectivity index (χ1) is 19.4. The minimum absolute atomic E-state index is 0.00831. The lowest BCUT2D eigenvalue weighted by Gasteiger charge is -2.13. The highest BCUT2D eigenvalue weighted by atomic mass is 19.1. The van der Waals surface area contributed by atoms with Crippen LogP contribution in [0, 0.1) is 5.82 Å². The Morgan fingerprint density at radius 1 is 0.775 bits per heavy atom. The third-order valence-electron chi connectivity index (χ3n) is 5.79. The summed E-state index contributed by atoms with van der Waals surface area (Å²) in [6, 6.07) is 28.2. The van der Waals surface area contributed by atoms with E-state index in [4.69, 9.17) is 4.74 Å². The Hall–Kier alpha value is -5.30. The van der Waals surface area contributed by atoms with E-state index in [-0.39, 0.29) is 11.5 Å². The van der Waals surface area contributed by atoms with Crippen molar-refractivity contribution in [3.8, 4) is 5.75 Å². The van der Waals surface area contributed by atoms with E-state index in [9.17, 15) is 18.8 Å². The first-order valence-corrected chi connectivity index (χ1v) is 12.6. The first kappa shape index (κ1) is 27.7. The molecule has 4 aromatic rings. The molecule has 0 heterocycles. The maximum Gasteiger partial charge on any atom is 0.272 e. The molecule has 0 bridgehead atoms. The van der Waals surface area contributed by atoms with E-state index in [1.807, 2.05) is 13.0 Å². The highest BCUT2D eigenvalue weighted by Gasteiger charge is 2.16. The van der Waals surface area contributed by atoms with Crippen LogP contribution in [0.3, 0.4) is 0 Å². The standard InChI is InChI=1S/C33H27FN2O4/c1-2-40-31-15-9-7-13-26(31)22-29(36-32(38)25-11-4-3-5-12-25)33(39)35-27-19-16-24(17-20-27)30(37)21-18-23-10-6-8-14-28(23)34/h3-22H,2H2,1H3,(H,35,39)(H,36,38)/b21-18+,29-22-. The number of carbonyl (C=O) groups is 3. The molecule has 0 aliphatic rings. The molecular formula is C33H27FN2O4. The van der Waals surface area contributed by atoms with Gasteiger partial charge in [0.15, 0.2) is 5.78 Å². The van der Waals surface area contributed by atoms with Crippen molar-refractivity contribution in [2.75, 3.05) is 11.9 Å². The number of nitrogens with one attached hydrogen (secondary N) is 2. The topological polar surface area (TPSA) is 84.5 Å². The van der Waals surface area contributed by atoms with Crippen LogP contribution in [0.2, 0.25) is 0 Å². The number of ketones is 1. The summed E-state index contributed by atoms with van der Waals surface area (Å²) in [7, 11) is 0. The lowest BCUT2D eigenvalue weighted by molar-refractivity contribution is -0.113. The molecule has 0 aliphatic heterocycles. The van der Waals surface area contributed by atoms with Gasteiger partial charge in [-0.25, -0.2) is 4.39 Å². The largest absolute Gasteiger partial charge is 0.493 e. The van der Waals surface area contributed by atoms with E-state index >= 15 is 0 Å². The quantitative estimate of drug-likeness (QED) is 0.179. The van der Waals surface area contributed by atoms with Crippen molar-refractivity contribution in [3.63, 3.8) is 0 Å². The van der Waals surface area contributed by atoms with Gasteiger partial charge in [-0.3, -0.25) is 14.4 Å². The van der Waals surface area contributed by atoms with Crippen LogP contribution in [0.4, 0.5) is 10.1 Å². The molecule has 0 aliphatic carbocycles. The number of anilines is 1. The molecule has 0 saturated carbocycles. The minimum Gasteiger partial charge on any atom is -0.493 e. The van der Waals surface area contributed by atoms with Crippen molar-refractivity contribution in [1.82, 2.24) is 5.32 Å². The van der Waals surface area contributed by atoms with Crippen LogP contribution < -0.4 is 15.4 Å². The van der Waals surface area contributed by atoms with Crippen LogP contribution in [0.5, 0.6) is 5.75 Å². The summed E-state index contributed by atoms with van der Waals surface area (Å²) < 4.78 is 19.5. The Bertz CT molecular complexity index is 1560. The fourth-order valence-electron chi connectivity index (χ4n) is 3.77. The summed E-state index contributed by atoms with van der Waals surface area (Å²) in [5.74, 6) is -1.18. The van der Waals surface area contributed by atoms with Gasteiger partial charge in [-0.15, -0.1) is 0 Å². The smallest absolute Gasteiger partial charge is 0.272 e. The number of amides is 2. The van der Waals surface area contributed by atoms with Gasteiger partial charge in [0.25, 0.3) is 11.8 Å². The molecule has 0 fully saturated rings. The second-order valence-corrected chi connectivity index (χ2v) is 8.60. The van der Waals surface area contributed by atoms with Crippen LogP contribution in [0.1, 0.15) is 38.8 Å². The SMILES string of the molecule is CCOc1ccccc1/C=C(\NC(=O)c1ccccc1)C(=O)Nc1ccc(C(=O)/C=C/c2ccccc2F)cc1. The Morgan fingerprint density at radius 3 is 2.12 bits per heavy atom. The monoisotopic (exact) mass is 534 g/mol. The predicted octanol–water partition coefficient (Wildman–Crippen LogP) is 6.53. The summed E-state index contributed by atoms with van der Waals surface area (Å²) in [6.07, 6.45) is 4.26. The van der Waals surface area contributed by atoms with Crippen molar-refractivity contribution < 1.29 is 23.5 Å². The van der Waals surface area contributed by atoms with Crippen molar-refractivity contribution in [2.24, 2.45) is 0 Å². The Labute approximate surface area is 231 Å². The highest BCUT2D eigenvalue weighted by Crippen LogP contribution is 2.21. The van der Waals surface area contributed by atoms with Gasteiger partial charge in [0, 0.05) is 27.9 Å². The van der Waals surface area contributed by atoms with Crippen LogP contribution in [0.25, 0.3) is 12.2 Å². The molecule has 0 unspecified atom stereocenters. The molecule has 40 heavy (non-hydrogen) atoms. The maximum absolute atomic E-state index is 13.8. The van der Waals surface area contributed by atoms with Gasteiger partial charge in [-0.1, -0.05) is 54.6 Å². The number of carbonyl (C=O) groups excluding carboxylic acids is 3. The molecule has 200 valence electrons. The van der Waals surface area contributed by atoms with E-state index in [0.717, 1.165) is 0 Å². The van der Waals surface area contributed by atoms with Gasteiger partial charge in [0.1, 0.15) is 17.3 Å². The maximum atomic E-state index is 13.8. The molecule has 2 amide bonds. The summed E-state index contributed by atoms with van der Waals surface area (Å²) >= 11 is 0. The Morgan fingerprint density at radius 2 is 1.43 bits per heavy atom.